The molecule has 1 rings (SSSR count). The van der Waals surface area contributed by atoms with Crippen molar-refractivity contribution in [3.05, 3.63) is 4.91 Å². The van der Waals surface area contributed by atoms with E-state index >= 15 is 0 Å². The summed E-state index contributed by atoms with van der Waals surface area (Å²) in [6.45, 7) is 0.473. The molecule has 9 heavy (non-hydrogen) atoms. The lowest BCUT2D eigenvalue weighted by atomic mass is 10.1. The van der Waals surface area contributed by atoms with Crippen LogP contribution in [0.5, 0.6) is 0 Å². The van der Waals surface area contributed by atoms with Gasteiger partial charge in [-0.1, -0.05) is 0 Å². The van der Waals surface area contributed by atoms with E-state index in [0.29, 0.717) is 13.0 Å². The number of rotatable bonds is 2. The average molecular weight is 130 g/mol. The van der Waals surface area contributed by atoms with Crippen LogP contribution in [0.25, 0.3) is 0 Å². The monoisotopic (exact) mass is 130 g/mol. The van der Waals surface area contributed by atoms with Gasteiger partial charge in [0.25, 0.3) is 0 Å². The number of carbonyl (C=O) groups is 1. The van der Waals surface area contributed by atoms with E-state index < -0.39 is 12.0 Å². The zero-order valence-electron chi connectivity index (χ0n) is 4.65. The highest BCUT2D eigenvalue weighted by molar-refractivity contribution is 5.74. The van der Waals surface area contributed by atoms with Crippen LogP contribution in [0.1, 0.15) is 6.42 Å². The van der Waals surface area contributed by atoms with Gasteiger partial charge in [0.2, 0.25) is 0 Å². The number of nitroso groups, excluding NO2 is 1. The summed E-state index contributed by atoms with van der Waals surface area (Å²) in [5, 5.41) is 11.8. The highest BCUT2D eigenvalue weighted by Crippen LogP contribution is 2.16. The minimum Gasteiger partial charge on any atom is -0.480 e. The highest BCUT2D eigenvalue weighted by atomic mass is 16.4. The van der Waals surface area contributed by atoms with Crippen LogP contribution < -0.4 is 0 Å². The van der Waals surface area contributed by atoms with Crippen molar-refractivity contribution < 1.29 is 9.90 Å². The summed E-state index contributed by atoms with van der Waals surface area (Å²) in [4.78, 5) is 19.8. The van der Waals surface area contributed by atoms with Crippen molar-refractivity contribution in [2.24, 2.45) is 5.29 Å². The molecule has 0 aromatic rings. The van der Waals surface area contributed by atoms with Crippen molar-refractivity contribution in [3.63, 3.8) is 0 Å². The van der Waals surface area contributed by atoms with Crippen molar-refractivity contribution in [1.82, 2.24) is 5.01 Å². The van der Waals surface area contributed by atoms with E-state index in [1.54, 1.807) is 0 Å². The number of aliphatic carboxylic acids is 1. The van der Waals surface area contributed by atoms with E-state index in [1.807, 2.05) is 0 Å². The number of carboxylic acids is 1. The van der Waals surface area contributed by atoms with Crippen LogP contribution in [0.4, 0.5) is 0 Å². The molecule has 1 N–H and O–H groups in total. The predicted molar refractivity (Wildman–Crippen MR) is 28.5 cm³/mol. The molecule has 0 aromatic carbocycles. The standard InChI is InChI=1S/C4H6N2O3/c7-4(8)3-1-2-6(3)5-9/h3H,1-2H2,(H,7,8)/t3-/m0/s1. The number of hydrogen-bond donors (Lipinski definition) is 1. The van der Waals surface area contributed by atoms with Crippen LogP contribution in [0, 0.1) is 4.91 Å². The third-order valence-electron chi connectivity index (χ3n) is 1.38. The van der Waals surface area contributed by atoms with Gasteiger partial charge >= 0.3 is 5.97 Å². The molecule has 0 unspecified atom stereocenters. The van der Waals surface area contributed by atoms with Gasteiger partial charge in [0, 0.05) is 6.54 Å². The Morgan fingerprint density at radius 3 is 2.56 bits per heavy atom. The van der Waals surface area contributed by atoms with Gasteiger partial charge < -0.3 is 5.11 Å². The summed E-state index contributed by atoms with van der Waals surface area (Å²) in [7, 11) is 0. The second-order valence-corrected chi connectivity index (χ2v) is 1.89. The maximum Gasteiger partial charge on any atom is 0.328 e. The van der Waals surface area contributed by atoms with E-state index in [4.69, 9.17) is 5.11 Å². The summed E-state index contributed by atoms with van der Waals surface area (Å²) >= 11 is 0. The van der Waals surface area contributed by atoms with E-state index in [-0.39, 0.29) is 0 Å². The Bertz CT molecular complexity index is 147. The van der Waals surface area contributed by atoms with Gasteiger partial charge in [0.05, 0.1) is 5.29 Å². The van der Waals surface area contributed by atoms with Crippen LogP contribution in [0.3, 0.4) is 0 Å². The topological polar surface area (TPSA) is 70.0 Å². The molecule has 5 heteroatoms. The SMILES string of the molecule is O=NN1CC[C@H]1C(=O)O. The van der Waals surface area contributed by atoms with Gasteiger partial charge in [-0.2, -0.15) is 0 Å². The normalized spacial score (nSPS) is 24.9. The summed E-state index contributed by atoms with van der Waals surface area (Å²) < 4.78 is 0. The molecule has 1 fully saturated rings. The quantitative estimate of drug-likeness (QED) is 0.526. The Kier molecular flexibility index (Phi) is 1.33. The van der Waals surface area contributed by atoms with Gasteiger partial charge in [-0.25, -0.2) is 9.80 Å². The third-order valence-corrected chi connectivity index (χ3v) is 1.38. The lowest BCUT2D eigenvalue weighted by Gasteiger charge is -2.31. The number of nitrogens with zero attached hydrogens (tertiary/aromatic N) is 2. The van der Waals surface area contributed by atoms with Crippen LogP contribution >= 0.6 is 0 Å². The first-order chi connectivity index (χ1) is 4.25. The van der Waals surface area contributed by atoms with Crippen molar-refractivity contribution in [2.45, 2.75) is 12.5 Å². The minimum atomic E-state index is -0.971. The van der Waals surface area contributed by atoms with Gasteiger partial charge in [0.15, 0.2) is 0 Å². The summed E-state index contributed by atoms with van der Waals surface area (Å²) in [5.41, 5.74) is 0. The zero-order chi connectivity index (χ0) is 6.85. The van der Waals surface area contributed by atoms with Crippen molar-refractivity contribution in [2.75, 3.05) is 6.54 Å². The summed E-state index contributed by atoms with van der Waals surface area (Å²) in [6, 6.07) is -0.664. The first-order valence-electron chi connectivity index (χ1n) is 2.58. The van der Waals surface area contributed by atoms with Gasteiger partial charge in [-0.05, 0) is 6.42 Å². The lowest BCUT2D eigenvalue weighted by Crippen LogP contribution is -2.48. The Morgan fingerprint density at radius 1 is 1.78 bits per heavy atom. The Balaban J connectivity index is 2.44. The number of carboxylic acid groups (broad SMARTS) is 1. The second-order valence-electron chi connectivity index (χ2n) is 1.89. The molecule has 5 nitrogen and oxygen atoms in total. The van der Waals surface area contributed by atoms with Crippen LogP contribution in [-0.4, -0.2) is 28.7 Å². The second kappa shape index (κ2) is 2.00. The molecule has 50 valence electrons. The van der Waals surface area contributed by atoms with E-state index in [2.05, 4.69) is 5.29 Å². The molecular weight excluding hydrogens is 124 g/mol. The fourth-order valence-electron chi connectivity index (χ4n) is 0.722. The van der Waals surface area contributed by atoms with E-state index in [0.717, 1.165) is 5.01 Å². The van der Waals surface area contributed by atoms with Gasteiger partial charge in [-0.15, -0.1) is 4.91 Å². The van der Waals surface area contributed by atoms with Crippen LogP contribution in [-0.2, 0) is 4.79 Å². The molecule has 1 heterocycles. The fraction of sp³-hybridized carbons (Fsp3) is 0.750. The third kappa shape index (κ3) is 0.847. The average Bonchev–Trinajstić information content (AvgIpc) is 1.61. The molecule has 0 saturated carbocycles. The largest absolute Gasteiger partial charge is 0.480 e. The van der Waals surface area contributed by atoms with Gasteiger partial charge in [-0.3, -0.25) is 0 Å². The molecule has 1 aliphatic rings. The molecule has 1 atom stereocenters. The predicted octanol–water partition coefficient (Wildman–Crippen LogP) is -0.173. The number of hydrogen-bond acceptors (Lipinski definition) is 3. The molecule has 0 radical (unpaired) electrons. The van der Waals surface area contributed by atoms with Crippen LogP contribution in [0.15, 0.2) is 5.29 Å². The molecule has 0 spiro atoms. The highest BCUT2D eigenvalue weighted by Gasteiger charge is 2.34. The lowest BCUT2D eigenvalue weighted by molar-refractivity contribution is -0.148. The molecule has 1 aliphatic heterocycles. The molecule has 1 saturated heterocycles. The van der Waals surface area contributed by atoms with E-state index in [1.165, 1.54) is 0 Å². The first-order valence-corrected chi connectivity index (χ1v) is 2.58. The van der Waals surface area contributed by atoms with Crippen LogP contribution in [0.2, 0.25) is 0 Å². The van der Waals surface area contributed by atoms with Crippen molar-refractivity contribution in [3.8, 4) is 0 Å². The smallest absolute Gasteiger partial charge is 0.328 e. The maximum absolute atomic E-state index is 10.1. The van der Waals surface area contributed by atoms with Gasteiger partial charge in [0.1, 0.15) is 6.04 Å². The molecular formula is C4H6N2O3. The first kappa shape index (κ1) is 6.00. The summed E-state index contributed by atoms with van der Waals surface area (Å²) in [6.07, 6.45) is 0.529. The Labute approximate surface area is 51.2 Å². The van der Waals surface area contributed by atoms with E-state index in [9.17, 15) is 9.70 Å². The molecule has 0 aromatic heterocycles. The molecule has 0 amide bonds. The Hall–Kier alpha value is -1.13. The molecule has 0 bridgehead atoms. The van der Waals surface area contributed by atoms with Crippen molar-refractivity contribution >= 4 is 5.97 Å². The summed E-state index contributed by atoms with van der Waals surface area (Å²) in [5.74, 6) is -0.971. The fourth-order valence-corrected chi connectivity index (χ4v) is 0.722. The Morgan fingerprint density at radius 2 is 2.44 bits per heavy atom. The van der Waals surface area contributed by atoms with Crippen molar-refractivity contribution in [1.29, 1.82) is 0 Å². The minimum absolute atomic E-state index is 0.473. The maximum atomic E-state index is 10.1. The zero-order valence-corrected chi connectivity index (χ0v) is 4.65. The molecule has 0 aliphatic carbocycles.